The van der Waals surface area contributed by atoms with Gasteiger partial charge in [0.05, 0.1) is 6.61 Å². The van der Waals surface area contributed by atoms with Gasteiger partial charge in [0.1, 0.15) is 0 Å². The van der Waals surface area contributed by atoms with Gasteiger partial charge in [0.15, 0.2) is 11.6 Å². The SMILES string of the molecule is CCOc1ccc(C(NC)C2(CNC)CC2)cc1F. The Kier molecular flexibility index (Phi) is 4.42. The molecule has 1 unspecified atom stereocenters. The van der Waals surface area contributed by atoms with Crippen molar-refractivity contribution < 1.29 is 9.13 Å². The van der Waals surface area contributed by atoms with Crippen LogP contribution in [0.2, 0.25) is 0 Å². The first-order valence-electron chi connectivity index (χ1n) is 6.91. The van der Waals surface area contributed by atoms with Crippen LogP contribution in [-0.4, -0.2) is 27.2 Å². The molecule has 3 nitrogen and oxygen atoms in total. The fourth-order valence-electron chi connectivity index (χ4n) is 2.88. The lowest BCUT2D eigenvalue weighted by molar-refractivity contribution is 0.318. The highest BCUT2D eigenvalue weighted by atomic mass is 19.1. The Morgan fingerprint density at radius 1 is 1.37 bits per heavy atom. The quantitative estimate of drug-likeness (QED) is 0.795. The van der Waals surface area contributed by atoms with Gasteiger partial charge in [-0.1, -0.05) is 6.07 Å². The van der Waals surface area contributed by atoms with Crippen LogP contribution in [-0.2, 0) is 0 Å². The molecule has 0 aromatic heterocycles. The maximum atomic E-state index is 14.0. The lowest BCUT2D eigenvalue weighted by Gasteiger charge is -2.27. The van der Waals surface area contributed by atoms with E-state index in [9.17, 15) is 4.39 Å². The maximum absolute atomic E-state index is 14.0. The molecule has 0 aliphatic heterocycles. The maximum Gasteiger partial charge on any atom is 0.165 e. The van der Waals surface area contributed by atoms with Crippen LogP contribution in [0.5, 0.6) is 5.75 Å². The van der Waals surface area contributed by atoms with E-state index < -0.39 is 0 Å². The molecule has 1 aliphatic carbocycles. The van der Waals surface area contributed by atoms with Crippen LogP contribution in [0.3, 0.4) is 0 Å². The van der Waals surface area contributed by atoms with Crippen molar-refractivity contribution in [1.82, 2.24) is 10.6 Å². The van der Waals surface area contributed by atoms with Crippen molar-refractivity contribution >= 4 is 0 Å². The van der Waals surface area contributed by atoms with Gasteiger partial charge >= 0.3 is 0 Å². The van der Waals surface area contributed by atoms with Crippen LogP contribution >= 0.6 is 0 Å². The number of hydrogen-bond acceptors (Lipinski definition) is 3. The molecule has 1 saturated carbocycles. The Labute approximate surface area is 114 Å². The zero-order valence-electron chi connectivity index (χ0n) is 11.9. The van der Waals surface area contributed by atoms with E-state index in [0.717, 1.165) is 12.1 Å². The summed E-state index contributed by atoms with van der Waals surface area (Å²) in [6.45, 7) is 3.29. The Morgan fingerprint density at radius 2 is 2.11 bits per heavy atom. The first-order chi connectivity index (χ1) is 9.16. The Balaban J connectivity index is 2.22. The van der Waals surface area contributed by atoms with Crippen molar-refractivity contribution in [3.63, 3.8) is 0 Å². The van der Waals surface area contributed by atoms with Crippen LogP contribution in [0.15, 0.2) is 18.2 Å². The molecule has 1 aromatic carbocycles. The molecule has 0 amide bonds. The highest BCUT2D eigenvalue weighted by Crippen LogP contribution is 2.54. The Bertz CT molecular complexity index is 432. The number of nitrogens with one attached hydrogen (secondary N) is 2. The van der Waals surface area contributed by atoms with E-state index in [4.69, 9.17) is 4.74 Å². The third kappa shape index (κ3) is 2.90. The van der Waals surface area contributed by atoms with Crippen LogP contribution in [0.25, 0.3) is 0 Å². The van der Waals surface area contributed by atoms with E-state index in [0.29, 0.717) is 12.4 Å². The smallest absolute Gasteiger partial charge is 0.165 e. The number of ether oxygens (including phenoxy) is 1. The molecule has 19 heavy (non-hydrogen) atoms. The molecule has 0 saturated heterocycles. The van der Waals surface area contributed by atoms with Crippen molar-refractivity contribution in [2.75, 3.05) is 27.2 Å². The molecule has 2 N–H and O–H groups in total. The lowest BCUT2D eigenvalue weighted by Crippen LogP contribution is -2.33. The first-order valence-corrected chi connectivity index (χ1v) is 6.91. The van der Waals surface area contributed by atoms with E-state index in [1.807, 2.05) is 27.1 Å². The highest BCUT2D eigenvalue weighted by molar-refractivity contribution is 5.33. The molecular formula is C15H23FN2O. The molecule has 0 spiro atoms. The molecule has 0 radical (unpaired) electrons. The topological polar surface area (TPSA) is 33.3 Å². The number of rotatable bonds is 7. The van der Waals surface area contributed by atoms with Gasteiger partial charge in [-0.25, -0.2) is 4.39 Å². The van der Waals surface area contributed by atoms with Gasteiger partial charge in [-0.15, -0.1) is 0 Å². The Hall–Kier alpha value is -1.13. The van der Waals surface area contributed by atoms with Crippen molar-refractivity contribution in [2.24, 2.45) is 5.41 Å². The largest absolute Gasteiger partial charge is 0.491 e. The predicted molar refractivity (Wildman–Crippen MR) is 75.0 cm³/mol. The predicted octanol–water partition coefficient (Wildman–Crippen LogP) is 2.48. The zero-order chi connectivity index (χ0) is 13.9. The lowest BCUT2D eigenvalue weighted by atomic mass is 9.90. The minimum Gasteiger partial charge on any atom is -0.491 e. The number of halogens is 1. The van der Waals surface area contributed by atoms with E-state index >= 15 is 0 Å². The molecular weight excluding hydrogens is 243 g/mol. The second-order valence-electron chi connectivity index (χ2n) is 5.24. The van der Waals surface area contributed by atoms with Crippen LogP contribution in [0.1, 0.15) is 31.4 Å². The summed E-state index contributed by atoms with van der Waals surface area (Å²) in [5.74, 6) is 0.0550. The van der Waals surface area contributed by atoms with Crippen molar-refractivity contribution in [3.8, 4) is 5.75 Å². The van der Waals surface area contributed by atoms with Crippen LogP contribution in [0.4, 0.5) is 4.39 Å². The Morgan fingerprint density at radius 3 is 2.58 bits per heavy atom. The molecule has 1 fully saturated rings. The van der Waals surface area contributed by atoms with Crippen LogP contribution in [0, 0.1) is 11.2 Å². The van der Waals surface area contributed by atoms with Gasteiger partial charge in [-0.3, -0.25) is 0 Å². The third-order valence-electron chi connectivity index (χ3n) is 3.91. The number of hydrogen-bond donors (Lipinski definition) is 2. The average molecular weight is 266 g/mol. The zero-order valence-corrected chi connectivity index (χ0v) is 11.9. The highest BCUT2D eigenvalue weighted by Gasteiger charge is 2.48. The minimum absolute atomic E-state index is 0.185. The fourth-order valence-corrected chi connectivity index (χ4v) is 2.88. The first kappa shape index (κ1) is 14.3. The van der Waals surface area contributed by atoms with Gasteiger partial charge in [0, 0.05) is 18.0 Å². The van der Waals surface area contributed by atoms with E-state index in [1.165, 1.54) is 12.8 Å². The second kappa shape index (κ2) is 5.88. The summed E-state index contributed by atoms with van der Waals surface area (Å²) in [4.78, 5) is 0. The number of benzene rings is 1. The van der Waals surface area contributed by atoms with Gasteiger partial charge in [-0.05, 0) is 51.6 Å². The summed E-state index contributed by atoms with van der Waals surface area (Å²) in [5.41, 5.74) is 1.22. The molecule has 2 rings (SSSR count). The van der Waals surface area contributed by atoms with E-state index in [2.05, 4.69) is 10.6 Å². The van der Waals surface area contributed by atoms with Gasteiger partial charge in [0.25, 0.3) is 0 Å². The van der Waals surface area contributed by atoms with Gasteiger partial charge in [-0.2, -0.15) is 0 Å². The summed E-state index contributed by atoms with van der Waals surface area (Å²) in [6, 6.07) is 5.48. The standard InChI is InChI=1S/C15H23FN2O/c1-4-19-13-6-5-11(9-12(13)16)14(18-3)15(7-8-15)10-17-2/h5-6,9,14,17-18H,4,7-8,10H2,1-3H3. The molecule has 1 aliphatic rings. The van der Waals surface area contributed by atoms with E-state index in [1.54, 1.807) is 12.1 Å². The van der Waals surface area contributed by atoms with Gasteiger partial charge in [0.2, 0.25) is 0 Å². The van der Waals surface area contributed by atoms with Crippen LogP contribution < -0.4 is 15.4 Å². The summed E-state index contributed by atoms with van der Waals surface area (Å²) in [6.07, 6.45) is 2.35. The fraction of sp³-hybridized carbons (Fsp3) is 0.600. The summed E-state index contributed by atoms with van der Waals surface area (Å²) in [5, 5.41) is 6.58. The van der Waals surface area contributed by atoms with Crippen molar-refractivity contribution in [1.29, 1.82) is 0 Å². The van der Waals surface area contributed by atoms with Crippen molar-refractivity contribution in [3.05, 3.63) is 29.6 Å². The summed E-state index contributed by atoms with van der Waals surface area (Å²) >= 11 is 0. The summed E-state index contributed by atoms with van der Waals surface area (Å²) < 4.78 is 19.2. The van der Waals surface area contributed by atoms with Crippen molar-refractivity contribution in [2.45, 2.75) is 25.8 Å². The van der Waals surface area contributed by atoms with E-state index in [-0.39, 0.29) is 17.3 Å². The third-order valence-corrected chi connectivity index (χ3v) is 3.91. The molecule has 0 heterocycles. The molecule has 106 valence electrons. The molecule has 4 heteroatoms. The summed E-state index contributed by atoms with van der Waals surface area (Å²) in [7, 11) is 3.90. The molecule has 1 aromatic rings. The average Bonchev–Trinajstić information content (AvgIpc) is 3.15. The normalized spacial score (nSPS) is 18.1. The monoisotopic (exact) mass is 266 g/mol. The molecule has 1 atom stereocenters. The molecule has 0 bridgehead atoms. The second-order valence-corrected chi connectivity index (χ2v) is 5.24. The van der Waals surface area contributed by atoms with Gasteiger partial charge < -0.3 is 15.4 Å². The minimum atomic E-state index is -0.278.